The second-order valence-corrected chi connectivity index (χ2v) is 6.77. The maximum Gasteiger partial charge on any atom is 0.237 e. The lowest BCUT2D eigenvalue weighted by Crippen LogP contribution is -2.11. The van der Waals surface area contributed by atoms with Crippen LogP contribution in [0.2, 0.25) is 0 Å². The van der Waals surface area contributed by atoms with Crippen molar-refractivity contribution in [2.45, 2.75) is 20.8 Å². The lowest BCUT2D eigenvalue weighted by atomic mass is 10.2. The molecule has 1 N–H and O–H groups in total. The summed E-state index contributed by atoms with van der Waals surface area (Å²) in [7, 11) is -0.510. The predicted octanol–water partition coefficient (Wildman–Crippen LogP) is 4.80. The fraction of sp³-hybridized carbons (Fsp3) is 0.312. The summed E-state index contributed by atoms with van der Waals surface area (Å²) in [5.74, 6) is -1.00. The van der Waals surface area contributed by atoms with Crippen LogP contribution < -0.4 is 10.6 Å². The predicted molar refractivity (Wildman–Crippen MR) is 88.4 cm³/mol. The molecule has 0 aliphatic rings. The quantitative estimate of drug-likeness (QED) is 0.650. The summed E-state index contributed by atoms with van der Waals surface area (Å²) in [6.45, 7) is 9.84. The molecule has 21 heavy (non-hydrogen) atoms. The van der Waals surface area contributed by atoms with Crippen LogP contribution in [0, 0.1) is 18.7 Å². The number of hydrogen-bond acceptors (Lipinski definition) is 2. The highest BCUT2D eigenvalue weighted by Gasteiger charge is 2.14. The van der Waals surface area contributed by atoms with Gasteiger partial charge in [0, 0.05) is 11.5 Å². The Morgan fingerprint density at radius 2 is 1.76 bits per heavy atom. The first-order valence-corrected chi connectivity index (χ1v) is 9.07. The Hall–Kier alpha value is -1.54. The molecule has 0 radical (unpaired) electrons. The Bertz CT molecular complexity index is 601. The van der Waals surface area contributed by atoms with Crippen LogP contribution in [0.3, 0.4) is 0 Å². The topological polar surface area (TPSA) is 24.9 Å². The van der Waals surface area contributed by atoms with E-state index in [2.05, 4.69) is 10.3 Å². The standard InChI is InChI=1S/C14H15F2N2P.C2H6/c1-9-4-5-11(10(15)8-9)18-13-12(19(2)3)6-7-17-14(13)16;1-2/h4-8,18H,1-3H3;1-2H3. The number of hydrogen-bond donors (Lipinski definition) is 1. The fourth-order valence-electron chi connectivity index (χ4n) is 1.77. The number of aryl methyl sites for hydroxylation is 1. The lowest BCUT2D eigenvalue weighted by molar-refractivity contribution is 0.588. The molecule has 0 unspecified atom stereocenters. The van der Waals surface area contributed by atoms with Gasteiger partial charge < -0.3 is 5.32 Å². The molecule has 1 aromatic carbocycles. The Morgan fingerprint density at radius 1 is 1.10 bits per heavy atom. The van der Waals surface area contributed by atoms with Crippen molar-refractivity contribution in [3.63, 3.8) is 0 Å². The molecule has 0 aliphatic carbocycles. The van der Waals surface area contributed by atoms with Crippen LogP contribution in [0.1, 0.15) is 19.4 Å². The molecule has 2 rings (SSSR count). The van der Waals surface area contributed by atoms with Crippen molar-refractivity contribution >= 4 is 24.6 Å². The molecule has 0 amide bonds. The lowest BCUT2D eigenvalue weighted by Gasteiger charge is -2.15. The second kappa shape index (κ2) is 8.04. The van der Waals surface area contributed by atoms with E-state index in [1.54, 1.807) is 25.1 Å². The number of anilines is 2. The molecular weight excluding hydrogens is 289 g/mol. The van der Waals surface area contributed by atoms with Gasteiger partial charge in [-0.1, -0.05) is 27.8 Å². The van der Waals surface area contributed by atoms with Crippen LogP contribution in [0.5, 0.6) is 0 Å². The Kier molecular flexibility index (Phi) is 6.70. The zero-order valence-corrected chi connectivity index (χ0v) is 13.9. The molecule has 2 nitrogen and oxygen atoms in total. The zero-order chi connectivity index (χ0) is 16.0. The van der Waals surface area contributed by atoms with Crippen molar-refractivity contribution in [2.24, 2.45) is 0 Å². The van der Waals surface area contributed by atoms with Gasteiger partial charge in [-0.15, -0.1) is 0 Å². The van der Waals surface area contributed by atoms with Gasteiger partial charge in [-0.3, -0.25) is 0 Å². The van der Waals surface area contributed by atoms with Gasteiger partial charge in [0.15, 0.2) is 0 Å². The van der Waals surface area contributed by atoms with E-state index in [0.717, 1.165) is 10.9 Å². The molecule has 0 fully saturated rings. The van der Waals surface area contributed by atoms with E-state index in [1.807, 2.05) is 27.2 Å². The molecule has 0 saturated carbocycles. The molecule has 0 atom stereocenters. The van der Waals surface area contributed by atoms with E-state index in [1.165, 1.54) is 12.3 Å². The Morgan fingerprint density at radius 3 is 2.33 bits per heavy atom. The summed E-state index contributed by atoms with van der Waals surface area (Å²) in [6, 6.07) is 6.56. The molecule has 1 aromatic heterocycles. The van der Waals surface area contributed by atoms with Gasteiger partial charge in [0.2, 0.25) is 5.95 Å². The summed E-state index contributed by atoms with van der Waals surface area (Å²) in [4.78, 5) is 3.62. The third-order valence-electron chi connectivity index (χ3n) is 2.75. The molecule has 0 saturated heterocycles. The van der Waals surface area contributed by atoms with E-state index < -0.39 is 19.7 Å². The molecule has 0 spiro atoms. The number of rotatable bonds is 3. The first-order chi connectivity index (χ1) is 9.99. The summed E-state index contributed by atoms with van der Waals surface area (Å²) in [5, 5.41) is 3.66. The maximum atomic E-state index is 13.8. The fourth-order valence-corrected chi connectivity index (χ4v) is 2.73. The molecule has 114 valence electrons. The van der Waals surface area contributed by atoms with E-state index in [0.29, 0.717) is 0 Å². The number of nitrogens with zero attached hydrogens (tertiary/aromatic N) is 1. The number of halogens is 2. The molecular formula is C16H21F2N2P. The summed E-state index contributed by atoms with van der Waals surface area (Å²) >= 11 is 0. The van der Waals surface area contributed by atoms with Crippen LogP contribution >= 0.6 is 7.92 Å². The smallest absolute Gasteiger partial charge is 0.237 e. The molecule has 5 heteroatoms. The van der Waals surface area contributed by atoms with Crippen molar-refractivity contribution in [3.05, 3.63) is 47.8 Å². The van der Waals surface area contributed by atoms with Gasteiger partial charge in [0.05, 0.1) is 5.69 Å². The van der Waals surface area contributed by atoms with Crippen molar-refractivity contribution in [3.8, 4) is 0 Å². The number of benzene rings is 1. The first kappa shape index (κ1) is 17.5. The van der Waals surface area contributed by atoms with E-state index in [-0.39, 0.29) is 11.4 Å². The van der Waals surface area contributed by atoms with Crippen LogP contribution in [-0.2, 0) is 0 Å². The van der Waals surface area contributed by atoms with Gasteiger partial charge in [-0.05, 0) is 44.0 Å². The summed E-state index contributed by atoms with van der Waals surface area (Å²) in [5.41, 5.74) is 1.35. The monoisotopic (exact) mass is 310 g/mol. The number of nitrogens with one attached hydrogen (secondary N) is 1. The maximum absolute atomic E-state index is 13.8. The largest absolute Gasteiger partial charge is 0.349 e. The van der Waals surface area contributed by atoms with Gasteiger partial charge in [-0.2, -0.15) is 4.39 Å². The molecule has 2 aromatic rings. The SMILES string of the molecule is CC.Cc1ccc(Nc2c(P(C)C)ccnc2F)c(F)c1. The highest BCUT2D eigenvalue weighted by molar-refractivity contribution is 7.64. The van der Waals surface area contributed by atoms with E-state index in [4.69, 9.17) is 0 Å². The van der Waals surface area contributed by atoms with Crippen LogP contribution in [0.25, 0.3) is 0 Å². The third kappa shape index (κ3) is 4.47. The minimum absolute atomic E-state index is 0.260. The minimum atomic E-state index is -0.603. The normalized spacial score (nSPS) is 10.1. The Balaban J connectivity index is 0.00000106. The molecule has 0 aliphatic heterocycles. The highest BCUT2D eigenvalue weighted by Crippen LogP contribution is 2.31. The summed E-state index contributed by atoms with van der Waals surface area (Å²) < 4.78 is 27.6. The molecule has 1 heterocycles. The van der Waals surface area contributed by atoms with Crippen molar-refractivity contribution in [1.82, 2.24) is 4.98 Å². The van der Waals surface area contributed by atoms with Crippen molar-refractivity contribution in [2.75, 3.05) is 18.6 Å². The van der Waals surface area contributed by atoms with Gasteiger partial charge in [-0.25, -0.2) is 9.37 Å². The van der Waals surface area contributed by atoms with Crippen LogP contribution in [0.4, 0.5) is 20.2 Å². The van der Waals surface area contributed by atoms with Crippen LogP contribution in [-0.4, -0.2) is 18.3 Å². The van der Waals surface area contributed by atoms with Gasteiger partial charge in [0.1, 0.15) is 11.5 Å². The van der Waals surface area contributed by atoms with E-state index in [9.17, 15) is 8.78 Å². The summed E-state index contributed by atoms with van der Waals surface area (Å²) in [6.07, 6.45) is 1.43. The van der Waals surface area contributed by atoms with Crippen molar-refractivity contribution < 1.29 is 8.78 Å². The zero-order valence-electron chi connectivity index (χ0n) is 13.0. The molecule has 0 bridgehead atoms. The second-order valence-electron chi connectivity index (χ2n) is 4.50. The van der Waals surface area contributed by atoms with Crippen molar-refractivity contribution in [1.29, 1.82) is 0 Å². The minimum Gasteiger partial charge on any atom is -0.349 e. The number of pyridine rings is 1. The average molecular weight is 310 g/mol. The van der Waals surface area contributed by atoms with E-state index >= 15 is 0 Å². The first-order valence-electron chi connectivity index (χ1n) is 6.84. The van der Waals surface area contributed by atoms with Gasteiger partial charge >= 0.3 is 0 Å². The Labute approximate surface area is 126 Å². The number of aromatic nitrogens is 1. The highest BCUT2D eigenvalue weighted by atomic mass is 31.1. The van der Waals surface area contributed by atoms with Gasteiger partial charge in [0.25, 0.3) is 0 Å². The third-order valence-corrected chi connectivity index (χ3v) is 4.09. The van der Waals surface area contributed by atoms with Crippen LogP contribution in [0.15, 0.2) is 30.5 Å². The average Bonchev–Trinajstić information content (AvgIpc) is 2.45.